The van der Waals surface area contributed by atoms with Gasteiger partial charge in [-0.05, 0) is 58.7 Å². The zero-order chi connectivity index (χ0) is 28.0. The molecule has 1 saturated heterocycles. The van der Waals surface area contributed by atoms with E-state index >= 15 is 0 Å². The van der Waals surface area contributed by atoms with Crippen LogP contribution in [0.3, 0.4) is 0 Å². The van der Waals surface area contributed by atoms with Crippen LogP contribution in [0.5, 0.6) is 23.0 Å². The van der Waals surface area contributed by atoms with E-state index in [1.54, 1.807) is 14.2 Å². The highest BCUT2D eigenvalue weighted by Crippen LogP contribution is 2.51. The molecule has 0 amide bonds. The molecule has 0 saturated carbocycles. The Morgan fingerprint density at radius 1 is 0.902 bits per heavy atom. The van der Waals surface area contributed by atoms with Crippen LogP contribution < -0.4 is 18.9 Å². The van der Waals surface area contributed by atoms with E-state index in [0.29, 0.717) is 41.8 Å². The van der Waals surface area contributed by atoms with Crippen LogP contribution in [0.4, 0.5) is 0 Å². The second kappa shape index (κ2) is 10.2. The smallest absolute Gasteiger partial charge is 0.310 e. The van der Waals surface area contributed by atoms with Crippen molar-refractivity contribution in [2.75, 3.05) is 27.4 Å². The van der Waals surface area contributed by atoms with Gasteiger partial charge >= 0.3 is 5.97 Å². The van der Waals surface area contributed by atoms with E-state index in [-0.39, 0.29) is 18.5 Å². The maximum absolute atomic E-state index is 13.3. The van der Waals surface area contributed by atoms with Crippen LogP contribution in [-0.2, 0) is 14.3 Å². The van der Waals surface area contributed by atoms with E-state index in [9.17, 15) is 4.79 Å². The number of ether oxygens (including phenoxy) is 6. The van der Waals surface area contributed by atoms with Crippen LogP contribution in [0.25, 0.3) is 33.7 Å². The quantitative estimate of drug-likeness (QED) is 0.256. The number of hydrogen-bond acceptors (Lipinski definition) is 7. The van der Waals surface area contributed by atoms with Gasteiger partial charge in [0, 0.05) is 29.4 Å². The average Bonchev–Trinajstić information content (AvgIpc) is 3.01. The second-order valence-corrected chi connectivity index (χ2v) is 10.5. The van der Waals surface area contributed by atoms with Crippen LogP contribution in [0.1, 0.15) is 30.4 Å². The summed E-state index contributed by atoms with van der Waals surface area (Å²) in [7, 11) is 3.23. The summed E-state index contributed by atoms with van der Waals surface area (Å²) in [5, 5.41) is 4.04. The molecule has 1 spiro atoms. The third-order valence-electron chi connectivity index (χ3n) is 7.95. The summed E-state index contributed by atoms with van der Waals surface area (Å²) in [6.07, 6.45) is 7.18. The Balaban J connectivity index is 1.37. The predicted molar refractivity (Wildman–Crippen MR) is 157 cm³/mol. The van der Waals surface area contributed by atoms with Gasteiger partial charge in [0.2, 0.25) is 0 Å². The molecule has 7 heteroatoms. The Morgan fingerprint density at radius 2 is 1.54 bits per heavy atom. The summed E-state index contributed by atoms with van der Waals surface area (Å²) in [4.78, 5) is 13.3. The zero-order valence-corrected chi connectivity index (χ0v) is 23.0. The molecule has 3 heterocycles. The van der Waals surface area contributed by atoms with Crippen molar-refractivity contribution in [2.24, 2.45) is 0 Å². The molecule has 0 aliphatic carbocycles. The number of benzene rings is 4. The highest BCUT2D eigenvalue weighted by atomic mass is 16.7. The number of methoxy groups -OCH3 is 2. The van der Waals surface area contributed by atoms with Crippen molar-refractivity contribution in [2.45, 2.75) is 31.2 Å². The first-order valence-corrected chi connectivity index (χ1v) is 13.8. The molecule has 1 fully saturated rings. The molecular weight excluding hydrogens is 520 g/mol. The molecule has 0 N–H and O–H groups in total. The van der Waals surface area contributed by atoms with Gasteiger partial charge in [0.05, 0.1) is 27.2 Å². The predicted octanol–water partition coefficient (Wildman–Crippen LogP) is 6.70. The van der Waals surface area contributed by atoms with Gasteiger partial charge in [-0.1, -0.05) is 48.5 Å². The Kier molecular flexibility index (Phi) is 6.31. The van der Waals surface area contributed by atoms with Gasteiger partial charge in [-0.15, -0.1) is 0 Å². The van der Waals surface area contributed by atoms with Crippen molar-refractivity contribution in [1.82, 2.24) is 0 Å². The molecule has 7 rings (SSSR count). The van der Waals surface area contributed by atoms with Gasteiger partial charge in [0.15, 0.2) is 23.0 Å². The number of rotatable bonds is 5. The molecule has 3 aliphatic rings. The number of fused-ring (bicyclic) bond motifs is 6. The van der Waals surface area contributed by atoms with Gasteiger partial charge in [-0.25, -0.2) is 0 Å². The molecule has 3 aliphatic heterocycles. The minimum atomic E-state index is -1.42. The first kappa shape index (κ1) is 25.5. The highest BCUT2D eigenvalue weighted by Gasteiger charge is 2.46. The van der Waals surface area contributed by atoms with E-state index in [1.165, 1.54) is 0 Å². The van der Waals surface area contributed by atoms with Gasteiger partial charge in [0.1, 0.15) is 6.10 Å². The number of esters is 1. The second-order valence-electron chi connectivity index (χ2n) is 10.5. The van der Waals surface area contributed by atoms with Crippen LogP contribution in [-0.4, -0.2) is 45.3 Å². The number of hydrogen-bond donors (Lipinski definition) is 0. The van der Waals surface area contributed by atoms with Gasteiger partial charge in [-0.3, -0.25) is 4.79 Å². The van der Waals surface area contributed by atoms with E-state index < -0.39 is 5.79 Å². The summed E-state index contributed by atoms with van der Waals surface area (Å²) < 4.78 is 36.5. The number of carbonyl (C=O) groups is 1. The molecule has 2 atom stereocenters. The topological polar surface area (TPSA) is 72.5 Å². The normalized spacial score (nSPS) is 20.9. The molecule has 208 valence electrons. The lowest BCUT2D eigenvalue weighted by atomic mass is 9.90. The number of carbonyl (C=O) groups excluding carboxylic acids is 1. The Bertz CT molecular complexity index is 1730. The maximum atomic E-state index is 13.3. The van der Waals surface area contributed by atoms with Gasteiger partial charge in [0.25, 0.3) is 5.79 Å². The molecule has 0 aromatic heterocycles. The van der Waals surface area contributed by atoms with E-state index in [4.69, 9.17) is 28.4 Å². The zero-order valence-electron chi connectivity index (χ0n) is 23.0. The van der Waals surface area contributed by atoms with Gasteiger partial charge < -0.3 is 28.4 Å². The lowest BCUT2D eigenvalue weighted by Gasteiger charge is -2.40. The van der Waals surface area contributed by atoms with E-state index in [2.05, 4.69) is 0 Å². The average molecular weight is 551 g/mol. The van der Waals surface area contributed by atoms with Crippen molar-refractivity contribution in [3.63, 3.8) is 0 Å². The third-order valence-corrected chi connectivity index (χ3v) is 7.95. The minimum absolute atomic E-state index is 0.0307. The van der Waals surface area contributed by atoms with Crippen molar-refractivity contribution in [1.29, 1.82) is 0 Å². The van der Waals surface area contributed by atoms with Crippen LogP contribution in [0, 0.1) is 0 Å². The van der Waals surface area contributed by atoms with E-state index in [0.717, 1.165) is 45.5 Å². The lowest BCUT2D eigenvalue weighted by molar-refractivity contribution is -0.155. The van der Waals surface area contributed by atoms with Gasteiger partial charge in [-0.2, -0.15) is 0 Å². The van der Waals surface area contributed by atoms with Crippen molar-refractivity contribution >= 4 is 39.7 Å². The molecule has 7 nitrogen and oxygen atoms in total. The lowest BCUT2D eigenvalue weighted by Crippen LogP contribution is -2.46. The fraction of sp³-hybridized carbons (Fsp3) is 0.265. The van der Waals surface area contributed by atoms with Crippen molar-refractivity contribution in [3.05, 3.63) is 83.4 Å². The first-order chi connectivity index (χ1) is 20.1. The Labute approximate surface area is 237 Å². The fourth-order valence-electron chi connectivity index (χ4n) is 5.94. The van der Waals surface area contributed by atoms with Crippen LogP contribution in [0.15, 0.2) is 72.3 Å². The SMILES string of the molecule is COc1cc2ccccc2c2c1OC1(C=C2)Oc2c(OC)cc3ccccc3c2C=C1CC(=O)OC1CCCOC1. The summed E-state index contributed by atoms with van der Waals surface area (Å²) in [5.41, 5.74) is 2.32. The molecule has 2 unspecified atom stereocenters. The Hall–Kier alpha value is -4.49. The van der Waals surface area contributed by atoms with E-state index in [1.807, 2.05) is 78.9 Å². The van der Waals surface area contributed by atoms with Crippen LogP contribution in [0.2, 0.25) is 0 Å². The van der Waals surface area contributed by atoms with Crippen LogP contribution >= 0.6 is 0 Å². The summed E-state index contributed by atoms with van der Waals surface area (Å²) >= 11 is 0. The molecule has 0 radical (unpaired) electrons. The van der Waals surface area contributed by atoms with Crippen molar-refractivity contribution in [3.8, 4) is 23.0 Å². The summed E-state index contributed by atoms with van der Waals surface area (Å²) in [6, 6.07) is 20.0. The van der Waals surface area contributed by atoms with Crippen molar-refractivity contribution < 1.29 is 33.2 Å². The largest absolute Gasteiger partial charge is 0.493 e. The summed E-state index contributed by atoms with van der Waals surface area (Å²) in [5.74, 6) is 0.438. The third kappa shape index (κ3) is 4.37. The molecular formula is C34H30O7. The highest BCUT2D eigenvalue weighted by molar-refractivity contribution is 5.98. The first-order valence-electron chi connectivity index (χ1n) is 13.8. The molecule has 0 bridgehead atoms. The monoisotopic (exact) mass is 550 g/mol. The fourth-order valence-corrected chi connectivity index (χ4v) is 5.94. The minimum Gasteiger partial charge on any atom is -0.493 e. The molecule has 4 aromatic carbocycles. The Morgan fingerprint density at radius 3 is 2.17 bits per heavy atom. The summed E-state index contributed by atoms with van der Waals surface area (Å²) in [6.45, 7) is 1.10. The maximum Gasteiger partial charge on any atom is 0.310 e. The standard InChI is InChI=1S/C34H30O7/c1-36-29-16-21-8-3-5-11-25(21)27-13-14-34(40-32(27)29)23(19-31(35)39-24-10-7-15-38-20-24)18-28-26-12-6-4-9-22(26)17-30(37-2)33(28)41-34/h3-6,8-9,11-14,16-18,24H,7,10,15,19-20H2,1-2H3. The molecule has 4 aromatic rings. The molecule has 41 heavy (non-hydrogen) atoms.